The fourth-order valence-electron chi connectivity index (χ4n) is 1.01. The molecule has 0 bridgehead atoms. The molecule has 1 nitrogen and oxygen atoms in total. The number of rotatable bonds is 2. The minimum absolute atomic E-state index is 0.947. The first-order valence-electron chi connectivity index (χ1n) is 3.57. The number of ether oxygens (including phenoxy) is 1. The van der Waals surface area contributed by atoms with Gasteiger partial charge in [0.15, 0.2) is 0 Å². The SMILES string of the molecule is COc1cc(SC)c(Br)cc1C. The Hall–Kier alpha value is -0.150. The molecule has 0 aliphatic heterocycles. The summed E-state index contributed by atoms with van der Waals surface area (Å²) >= 11 is 5.20. The molecule has 0 aromatic heterocycles. The summed E-state index contributed by atoms with van der Waals surface area (Å²) in [4.78, 5) is 1.21. The lowest BCUT2D eigenvalue weighted by Gasteiger charge is -2.07. The van der Waals surface area contributed by atoms with Crippen LogP contribution in [0.4, 0.5) is 0 Å². The van der Waals surface area contributed by atoms with E-state index in [1.165, 1.54) is 4.90 Å². The number of hydrogen-bond acceptors (Lipinski definition) is 2. The summed E-state index contributed by atoms with van der Waals surface area (Å²) in [6.07, 6.45) is 2.05. The van der Waals surface area contributed by atoms with Gasteiger partial charge in [0.25, 0.3) is 0 Å². The van der Waals surface area contributed by atoms with Gasteiger partial charge in [0.1, 0.15) is 5.75 Å². The van der Waals surface area contributed by atoms with Crippen LogP contribution in [0.25, 0.3) is 0 Å². The van der Waals surface area contributed by atoms with Gasteiger partial charge in [-0.15, -0.1) is 11.8 Å². The lowest BCUT2D eigenvalue weighted by Crippen LogP contribution is -1.87. The molecule has 0 N–H and O–H groups in total. The highest BCUT2D eigenvalue weighted by atomic mass is 79.9. The largest absolute Gasteiger partial charge is 0.496 e. The van der Waals surface area contributed by atoms with Crippen molar-refractivity contribution in [1.82, 2.24) is 0 Å². The molecule has 0 aliphatic carbocycles. The Labute approximate surface area is 85.6 Å². The maximum atomic E-state index is 5.21. The van der Waals surface area contributed by atoms with Crippen LogP contribution in [-0.2, 0) is 0 Å². The second-order valence-electron chi connectivity index (χ2n) is 2.46. The molecule has 0 fully saturated rings. The fourth-order valence-corrected chi connectivity index (χ4v) is 2.43. The van der Waals surface area contributed by atoms with E-state index >= 15 is 0 Å². The maximum Gasteiger partial charge on any atom is 0.122 e. The molecule has 1 rings (SSSR count). The van der Waals surface area contributed by atoms with Crippen LogP contribution in [0.5, 0.6) is 5.75 Å². The summed E-state index contributed by atoms with van der Waals surface area (Å²) < 4.78 is 6.34. The van der Waals surface area contributed by atoms with E-state index in [0.717, 1.165) is 15.8 Å². The Balaban J connectivity index is 3.18. The van der Waals surface area contributed by atoms with Crippen molar-refractivity contribution in [2.24, 2.45) is 0 Å². The van der Waals surface area contributed by atoms with E-state index in [1.807, 2.05) is 13.0 Å². The summed E-state index contributed by atoms with van der Waals surface area (Å²) in [5.41, 5.74) is 1.15. The van der Waals surface area contributed by atoms with Crippen LogP contribution in [0.15, 0.2) is 21.5 Å². The molecule has 0 saturated carbocycles. The van der Waals surface area contributed by atoms with E-state index in [0.29, 0.717) is 0 Å². The van der Waals surface area contributed by atoms with Crippen molar-refractivity contribution in [2.75, 3.05) is 13.4 Å². The summed E-state index contributed by atoms with van der Waals surface area (Å²) in [6.45, 7) is 2.04. The van der Waals surface area contributed by atoms with E-state index in [2.05, 4.69) is 28.3 Å². The van der Waals surface area contributed by atoms with Gasteiger partial charge < -0.3 is 4.74 Å². The third-order valence-electron chi connectivity index (χ3n) is 1.67. The van der Waals surface area contributed by atoms with Crippen molar-refractivity contribution >= 4 is 27.7 Å². The van der Waals surface area contributed by atoms with Gasteiger partial charge in [0.2, 0.25) is 0 Å². The van der Waals surface area contributed by atoms with E-state index in [4.69, 9.17) is 4.74 Å². The average Bonchev–Trinajstić information content (AvgIpc) is 2.05. The molecule has 3 heteroatoms. The van der Waals surface area contributed by atoms with Crippen LogP contribution in [0.1, 0.15) is 5.56 Å². The molecule has 0 radical (unpaired) electrons. The van der Waals surface area contributed by atoms with Crippen molar-refractivity contribution in [3.63, 3.8) is 0 Å². The molecule has 0 aliphatic rings. The molecular formula is C9H11BrOS. The quantitative estimate of drug-likeness (QED) is 0.740. The third kappa shape index (κ3) is 1.96. The zero-order chi connectivity index (χ0) is 9.14. The molecule has 0 saturated heterocycles. The van der Waals surface area contributed by atoms with Gasteiger partial charge >= 0.3 is 0 Å². The highest BCUT2D eigenvalue weighted by Gasteiger charge is 2.04. The van der Waals surface area contributed by atoms with E-state index < -0.39 is 0 Å². The van der Waals surface area contributed by atoms with Crippen molar-refractivity contribution in [3.8, 4) is 5.75 Å². The number of hydrogen-bond donors (Lipinski definition) is 0. The van der Waals surface area contributed by atoms with Gasteiger partial charge in [0, 0.05) is 9.37 Å². The molecule has 0 amide bonds. The Kier molecular flexibility index (Phi) is 3.47. The lowest BCUT2D eigenvalue weighted by atomic mass is 10.2. The Morgan fingerprint density at radius 2 is 2.08 bits per heavy atom. The van der Waals surface area contributed by atoms with Crippen molar-refractivity contribution in [1.29, 1.82) is 0 Å². The molecule has 1 aromatic rings. The fraction of sp³-hybridized carbons (Fsp3) is 0.333. The van der Waals surface area contributed by atoms with Crippen LogP contribution in [0.3, 0.4) is 0 Å². The van der Waals surface area contributed by atoms with Crippen LogP contribution < -0.4 is 4.74 Å². The first-order valence-corrected chi connectivity index (χ1v) is 5.59. The van der Waals surface area contributed by atoms with Gasteiger partial charge in [-0.25, -0.2) is 0 Å². The first kappa shape index (κ1) is 9.93. The summed E-state index contributed by atoms with van der Waals surface area (Å²) in [5, 5.41) is 0. The van der Waals surface area contributed by atoms with Crippen LogP contribution >= 0.6 is 27.7 Å². The van der Waals surface area contributed by atoms with Gasteiger partial charge in [-0.2, -0.15) is 0 Å². The third-order valence-corrected chi connectivity index (χ3v) is 3.37. The van der Waals surface area contributed by atoms with Gasteiger partial charge in [-0.05, 0) is 46.8 Å². The second kappa shape index (κ2) is 4.19. The predicted molar refractivity (Wildman–Crippen MR) is 57.2 cm³/mol. The number of benzene rings is 1. The maximum absolute atomic E-state index is 5.21. The zero-order valence-electron chi connectivity index (χ0n) is 7.35. The predicted octanol–water partition coefficient (Wildman–Crippen LogP) is 3.49. The topological polar surface area (TPSA) is 9.23 Å². The number of aryl methyl sites for hydroxylation is 1. The summed E-state index contributed by atoms with van der Waals surface area (Å²) in [7, 11) is 1.69. The van der Waals surface area contributed by atoms with E-state index in [1.54, 1.807) is 18.9 Å². The number of thioether (sulfide) groups is 1. The number of halogens is 1. The zero-order valence-corrected chi connectivity index (χ0v) is 9.75. The summed E-state index contributed by atoms with van der Waals surface area (Å²) in [6, 6.07) is 4.12. The van der Waals surface area contributed by atoms with Crippen molar-refractivity contribution < 1.29 is 4.74 Å². The number of methoxy groups -OCH3 is 1. The van der Waals surface area contributed by atoms with E-state index in [9.17, 15) is 0 Å². The van der Waals surface area contributed by atoms with Gasteiger partial charge in [-0.3, -0.25) is 0 Å². The van der Waals surface area contributed by atoms with Crippen molar-refractivity contribution in [2.45, 2.75) is 11.8 Å². The van der Waals surface area contributed by atoms with Crippen LogP contribution in [0.2, 0.25) is 0 Å². The molecule has 12 heavy (non-hydrogen) atoms. The smallest absolute Gasteiger partial charge is 0.122 e. The minimum Gasteiger partial charge on any atom is -0.496 e. The molecule has 0 heterocycles. The monoisotopic (exact) mass is 246 g/mol. The first-order chi connectivity index (χ1) is 5.69. The molecule has 1 aromatic carbocycles. The van der Waals surface area contributed by atoms with Crippen LogP contribution in [-0.4, -0.2) is 13.4 Å². The second-order valence-corrected chi connectivity index (χ2v) is 4.16. The molecule has 66 valence electrons. The Bertz CT molecular complexity index is 261. The molecule has 0 atom stereocenters. The minimum atomic E-state index is 0.947. The van der Waals surface area contributed by atoms with Crippen LogP contribution in [0, 0.1) is 6.92 Å². The lowest BCUT2D eigenvalue weighted by molar-refractivity contribution is 0.410. The Morgan fingerprint density at radius 3 is 2.58 bits per heavy atom. The van der Waals surface area contributed by atoms with E-state index in [-0.39, 0.29) is 0 Å². The van der Waals surface area contributed by atoms with Gasteiger partial charge in [-0.1, -0.05) is 0 Å². The Morgan fingerprint density at radius 1 is 1.42 bits per heavy atom. The normalized spacial score (nSPS) is 10.0. The van der Waals surface area contributed by atoms with Gasteiger partial charge in [0.05, 0.1) is 7.11 Å². The highest BCUT2D eigenvalue weighted by Crippen LogP contribution is 2.32. The molecule has 0 spiro atoms. The summed E-state index contributed by atoms with van der Waals surface area (Å²) in [5.74, 6) is 0.947. The molecule has 0 unspecified atom stereocenters. The van der Waals surface area contributed by atoms with Crippen molar-refractivity contribution in [3.05, 3.63) is 22.2 Å². The standard InChI is InChI=1S/C9H11BrOS/c1-6-4-7(10)9(12-3)5-8(6)11-2/h4-5H,1-3H3. The average molecular weight is 247 g/mol. The highest BCUT2D eigenvalue weighted by molar-refractivity contribution is 9.10. The molecular weight excluding hydrogens is 236 g/mol.